The molecule has 1 unspecified atom stereocenters. The molecule has 0 spiro atoms. The third kappa shape index (κ3) is 5.54. The van der Waals surface area contributed by atoms with Gasteiger partial charge in [0, 0.05) is 57.6 Å². The maximum atomic E-state index is 4.88. The van der Waals surface area contributed by atoms with Crippen LogP contribution in [0, 0.1) is 0 Å². The first-order valence-corrected chi connectivity index (χ1v) is 9.79. The molecule has 2 aromatic heterocycles. The van der Waals surface area contributed by atoms with Gasteiger partial charge in [-0.25, -0.2) is 9.97 Å². The number of piperazine rings is 1. The highest BCUT2D eigenvalue weighted by Gasteiger charge is 2.21. The van der Waals surface area contributed by atoms with Crippen LogP contribution in [0.4, 0.5) is 5.95 Å². The van der Waals surface area contributed by atoms with E-state index in [9.17, 15) is 0 Å². The molecule has 1 aliphatic rings. The summed E-state index contributed by atoms with van der Waals surface area (Å²) in [7, 11) is 0. The Hall–Kier alpha value is -1.42. The van der Waals surface area contributed by atoms with Gasteiger partial charge in [-0.2, -0.15) is 11.3 Å². The predicted octanol–water partition coefficient (Wildman–Crippen LogP) is 3.05. The zero-order chi connectivity index (χ0) is 17.5. The minimum absolute atomic E-state index is 0. The fourth-order valence-corrected chi connectivity index (χ4v) is 3.67. The first-order chi connectivity index (χ1) is 12.3. The average Bonchev–Trinajstić information content (AvgIpc) is 3.21. The summed E-state index contributed by atoms with van der Waals surface area (Å²) in [6, 6.07) is 4.04. The Kier molecular flexibility index (Phi) is 8.56. The summed E-state index contributed by atoms with van der Waals surface area (Å²) < 4.78 is 0. The van der Waals surface area contributed by atoms with Crippen LogP contribution in [0.1, 0.15) is 25.3 Å². The molecule has 6 nitrogen and oxygen atoms in total. The topological polar surface area (TPSA) is 56.7 Å². The van der Waals surface area contributed by atoms with E-state index in [0.29, 0.717) is 5.92 Å². The van der Waals surface area contributed by atoms with Crippen molar-refractivity contribution in [2.24, 2.45) is 4.99 Å². The third-order valence-electron chi connectivity index (χ3n) is 4.38. The van der Waals surface area contributed by atoms with Crippen molar-refractivity contribution < 1.29 is 0 Å². The van der Waals surface area contributed by atoms with E-state index in [4.69, 9.17) is 4.99 Å². The number of nitrogens with zero attached hydrogens (tertiary/aromatic N) is 5. The lowest BCUT2D eigenvalue weighted by Crippen LogP contribution is -2.53. The van der Waals surface area contributed by atoms with Crippen molar-refractivity contribution in [1.29, 1.82) is 0 Å². The Bertz CT molecular complexity index is 656. The van der Waals surface area contributed by atoms with E-state index in [2.05, 4.69) is 55.8 Å². The first kappa shape index (κ1) is 20.9. The molecule has 26 heavy (non-hydrogen) atoms. The maximum absolute atomic E-state index is 4.88. The summed E-state index contributed by atoms with van der Waals surface area (Å²) in [4.78, 5) is 18.1. The summed E-state index contributed by atoms with van der Waals surface area (Å²) >= 11 is 1.75. The summed E-state index contributed by atoms with van der Waals surface area (Å²) in [6.45, 7) is 9.72. The van der Waals surface area contributed by atoms with Crippen LogP contribution < -0.4 is 10.2 Å². The molecule has 0 radical (unpaired) electrons. The molecule has 0 aliphatic carbocycles. The molecule has 3 heterocycles. The zero-order valence-corrected chi connectivity index (χ0v) is 18.5. The van der Waals surface area contributed by atoms with Crippen LogP contribution in [-0.2, 0) is 0 Å². The van der Waals surface area contributed by atoms with Crippen molar-refractivity contribution in [3.05, 3.63) is 40.8 Å². The molecule has 0 saturated carbocycles. The molecule has 1 saturated heterocycles. The Labute approximate surface area is 176 Å². The Morgan fingerprint density at radius 2 is 2.00 bits per heavy atom. The predicted molar refractivity (Wildman–Crippen MR) is 120 cm³/mol. The quantitative estimate of drug-likeness (QED) is 0.400. The third-order valence-corrected chi connectivity index (χ3v) is 5.08. The lowest BCUT2D eigenvalue weighted by molar-refractivity contribution is 0.370. The fraction of sp³-hybridized carbons (Fsp3) is 0.500. The van der Waals surface area contributed by atoms with Gasteiger partial charge >= 0.3 is 0 Å². The van der Waals surface area contributed by atoms with E-state index in [-0.39, 0.29) is 24.0 Å². The highest BCUT2D eigenvalue weighted by Crippen LogP contribution is 2.18. The van der Waals surface area contributed by atoms with Crippen LogP contribution in [0.5, 0.6) is 0 Å². The normalized spacial score (nSPS) is 16.2. The van der Waals surface area contributed by atoms with Gasteiger partial charge in [0.15, 0.2) is 5.96 Å². The standard InChI is InChI=1S/C18H26N6S.HI/c1-3-19-17(22-13-15(2)16-5-12-25-14-16)23-8-10-24(11-9-23)18-20-6-4-7-21-18;/h4-7,12,14-15H,3,8-11,13H2,1-2H3,(H,19,22);1H. The van der Waals surface area contributed by atoms with Gasteiger partial charge in [-0.15, -0.1) is 24.0 Å². The summed E-state index contributed by atoms with van der Waals surface area (Å²) in [5.41, 5.74) is 1.37. The van der Waals surface area contributed by atoms with Crippen LogP contribution >= 0.6 is 35.3 Å². The van der Waals surface area contributed by atoms with Crippen molar-refractivity contribution in [2.75, 3.05) is 44.2 Å². The highest BCUT2D eigenvalue weighted by atomic mass is 127. The number of guanidine groups is 1. The maximum Gasteiger partial charge on any atom is 0.225 e. The number of rotatable bonds is 5. The molecule has 1 aliphatic heterocycles. The molecule has 0 amide bonds. The number of thiophene rings is 1. The molecule has 142 valence electrons. The second-order valence-corrected chi connectivity index (χ2v) is 6.96. The highest BCUT2D eigenvalue weighted by molar-refractivity contribution is 14.0. The van der Waals surface area contributed by atoms with Gasteiger partial charge in [-0.05, 0) is 35.4 Å². The second-order valence-electron chi connectivity index (χ2n) is 6.18. The summed E-state index contributed by atoms with van der Waals surface area (Å²) in [5, 5.41) is 7.78. The number of nitrogens with one attached hydrogen (secondary N) is 1. The molecule has 0 bridgehead atoms. The van der Waals surface area contributed by atoms with Crippen molar-refractivity contribution in [3.63, 3.8) is 0 Å². The van der Waals surface area contributed by atoms with E-state index in [1.165, 1.54) is 5.56 Å². The summed E-state index contributed by atoms with van der Waals surface area (Å²) in [5.74, 6) is 2.27. The second kappa shape index (κ2) is 10.7. The average molecular weight is 486 g/mol. The van der Waals surface area contributed by atoms with Gasteiger partial charge in [0.05, 0.1) is 0 Å². The zero-order valence-electron chi connectivity index (χ0n) is 15.3. The lowest BCUT2D eigenvalue weighted by Gasteiger charge is -2.36. The minimum Gasteiger partial charge on any atom is -0.357 e. The van der Waals surface area contributed by atoms with E-state index in [1.807, 2.05) is 6.07 Å². The number of hydrogen-bond acceptors (Lipinski definition) is 5. The molecule has 2 aromatic rings. The molecule has 1 fully saturated rings. The van der Waals surface area contributed by atoms with Gasteiger partial charge in [0.25, 0.3) is 0 Å². The molecule has 8 heteroatoms. The molecule has 1 N–H and O–H groups in total. The van der Waals surface area contributed by atoms with E-state index in [1.54, 1.807) is 23.7 Å². The largest absolute Gasteiger partial charge is 0.357 e. The van der Waals surface area contributed by atoms with Crippen molar-refractivity contribution in [2.45, 2.75) is 19.8 Å². The Morgan fingerprint density at radius 3 is 2.62 bits per heavy atom. The molecular formula is C18H27IN6S. The van der Waals surface area contributed by atoms with E-state index >= 15 is 0 Å². The Balaban J connectivity index is 0.00000243. The van der Waals surface area contributed by atoms with Crippen molar-refractivity contribution >= 4 is 47.2 Å². The van der Waals surface area contributed by atoms with Gasteiger partial charge < -0.3 is 15.1 Å². The van der Waals surface area contributed by atoms with Gasteiger partial charge in [0.1, 0.15) is 0 Å². The number of aliphatic imine (C=N–C) groups is 1. The number of aromatic nitrogens is 2. The van der Waals surface area contributed by atoms with Crippen LogP contribution in [0.3, 0.4) is 0 Å². The van der Waals surface area contributed by atoms with Crippen LogP contribution in [-0.4, -0.2) is 60.1 Å². The van der Waals surface area contributed by atoms with E-state index in [0.717, 1.165) is 51.2 Å². The number of anilines is 1. The van der Waals surface area contributed by atoms with Crippen LogP contribution in [0.2, 0.25) is 0 Å². The molecule has 3 rings (SSSR count). The van der Waals surface area contributed by atoms with Gasteiger partial charge in [0.2, 0.25) is 5.95 Å². The fourth-order valence-electron chi connectivity index (χ4n) is 2.88. The molecule has 1 atom stereocenters. The van der Waals surface area contributed by atoms with Crippen LogP contribution in [0.15, 0.2) is 40.3 Å². The Morgan fingerprint density at radius 1 is 1.27 bits per heavy atom. The number of hydrogen-bond donors (Lipinski definition) is 1. The lowest BCUT2D eigenvalue weighted by atomic mass is 10.1. The SMILES string of the molecule is CCNC(=NCC(C)c1ccsc1)N1CCN(c2ncccn2)CC1.I. The minimum atomic E-state index is 0. The van der Waals surface area contributed by atoms with Gasteiger partial charge in [-0.3, -0.25) is 4.99 Å². The summed E-state index contributed by atoms with van der Waals surface area (Å²) in [6.07, 6.45) is 3.60. The van der Waals surface area contributed by atoms with Crippen molar-refractivity contribution in [1.82, 2.24) is 20.2 Å². The first-order valence-electron chi connectivity index (χ1n) is 8.85. The monoisotopic (exact) mass is 486 g/mol. The number of halogens is 1. The van der Waals surface area contributed by atoms with Crippen molar-refractivity contribution in [3.8, 4) is 0 Å². The molecular weight excluding hydrogens is 459 g/mol. The smallest absolute Gasteiger partial charge is 0.225 e. The van der Waals surface area contributed by atoms with E-state index < -0.39 is 0 Å². The molecule has 0 aromatic carbocycles. The van der Waals surface area contributed by atoms with Gasteiger partial charge in [-0.1, -0.05) is 6.92 Å². The van der Waals surface area contributed by atoms with Crippen LogP contribution in [0.25, 0.3) is 0 Å².